The molecule has 2 aromatic carbocycles. The molecular weight excluding hydrogens is 516 g/mol. The lowest BCUT2D eigenvalue weighted by Crippen LogP contribution is -2.21. The summed E-state index contributed by atoms with van der Waals surface area (Å²) in [5.41, 5.74) is 1.78. The fourth-order valence-corrected chi connectivity index (χ4v) is 5.39. The van der Waals surface area contributed by atoms with Crippen LogP contribution in [0, 0.1) is 0 Å². The molecule has 12 heteroatoms. The molecule has 4 aromatic rings. The van der Waals surface area contributed by atoms with Gasteiger partial charge in [0, 0.05) is 17.1 Å². The van der Waals surface area contributed by atoms with Crippen LogP contribution in [0.4, 0.5) is 10.8 Å². The summed E-state index contributed by atoms with van der Waals surface area (Å²) in [5.74, 6) is -0.638. The van der Waals surface area contributed by atoms with Crippen molar-refractivity contribution < 1.29 is 27.5 Å². The Morgan fingerprint density at radius 1 is 1.14 bits per heavy atom. The number of carbonyl (C=O) groups is 2. The van der Waals surface area contributed by atoms with Crippen LogP contribution in [0.2, 0.25) is 0 Å². The molecule has 0 atom stereocenters. The molecule has 0 aliphatic carbocycles. The average molecular weight is 535 g/mol. The van der Waals surface area contributed by atoms with Crippen LogP contribution in [-0.2, 0) is 14.8 Å². The summed E-state index contributed by atoms with van der Waals surface area (Å²) in [4.78, 5) is 28.3. The number of carboxylic acids is 1. The lowest BCUT2D eigenvalue weighted by molar-refractivity contribution is -0.114. The number of carbonyl (C=O) groups excluding carboxylic acids is 1. The Kier molecular flexibility index (Phi) is 6.19. The first-order valence-corrected chi connectivity index (χ1v) is 13.2. The molecule has 0 radical (unpaired) electrons. The number of rotatable bonds is 7. The maximum atomic E-state index is 13.0. The highest BCUT2D eigenvalue weighted by atomic mass is 32.2. The van der Waals surface area contributed by atoms with Gasteiger partial charge in [-0.3, -0.25) is 9.52 Å². The zero-order chi connectivity index (χ0) is 26.2. The third-order valence-electron chi connectivity index (χ3n) is 5.42. The van der Waals surface area contributed by atoms with Gasteiger partial charge in [-0.2, -0.15) is 10.1 Å². The van der Waals surface area contributed by atoms with Gasteiger partial charge in [0.2, 0.25) is 0 Å². The van der Waals surface area contributed by atoms with E-state index in [0.29, 0.717) is 34.1 Å². The molecule has 10 nitrogen and oxygen atoms in total. The Morgan fingerprint density at radius 3 is 2.62 bits per heavy atom. The van der Waals surface area contributed by atoms with Gasteiger partial charge < -0.3 is 9.52 Å². The lowest BCUT2D eigenvalue weighted by Gasteiger charge is -2.12. The molecule has 5 rings (SSSR count). The minimum atomic E-state index is -3.77. The van der Waals surface area contributed by atoms with Gasteiger partial charge in [0.15, 0.2) is 5.13 Å². The number of hydrogen-bond acceptors (Lipinski definition) is 8. The fraction of sp³-hybridized carbons (Fsp3) is 0.0400. The first kappa shape index (κ1) is 24.2. The zero-order valence-electron chi connectivity index (χ0n) is 19.2. The first-order chi connectivity index (χ1) is 17.7. The first-order valence-electron chi connectivity index (χ1n) is 10.8. The molecule has 0 unspecified atom stereocenters. The van der Waals surface area contributed by atoms with E-state index in [9.17, 15) is 23.1 Å². The summed E-state index contributed by atoms with van der Waals surface area (Å²) in [5, 5.41) is 16.6. The Labute approximate surface area is 215 Å². The van der Waals surface area contributed by atoms with Crippen molar-refractivity contribution in [3.63, 3.8) is 0 Å². The second-order valence-electron chi connectivity index (χ2n) is 7.89. The van der Waals surface area contributed by atoms with Crippen molar-refractivity contribution in [1.82, 2.24) is 4.98 Å². The summed E-state index contributed by atoms with van der Waals surface area (Å²) < 4.78 is 33.4. The number of sulfonamides is 1. The zero-order valence-corrected chi connectivity index (χ0v) is 20.8. The predicted octanol–water partition coefficient (Wildman–Crippen LogP) is 4.71. The summed E-state index contributed by atoms with van der Waals surface area (Å²) in [6.07, 6.45) is 3.07. The predicted molar refractivity (Wildman–Crippen MR) is 139 cm³/mol. The average Bonchev–Trinajstić information content (AvgIpc) is 3.62. The molecular formula is C25H18N4O6S2. The van der Waals surface area contributed by atoms with Crippen molar-refractivity contribution in [2.45, 2.75) is 11.8 Å². The van der Waals surface area contributed by atoms with Gasteiger partial charge in [-0.1, -0.05) is 6.07 Å². The maximum absolute atomic E-state index is 13.0. The van der Waals surface area contributed by atoms with Crippen LogP contribution in [0.25, 0.3) is 17.4 Å². The number of furan rings is 1. The van der Waals surface area contributed by atoms with Crippen molar-refractivity contribution in [2.24, 2.45) is 5.10 Å². The lowest BCUT2D eigenvalue weighted by atomic mass is 10.1. The number of hydrazone groups is 1. The smallest absolute Gasteiger partial charge is 0.335 e. The number of amides is 1. The third kappa shape index (κ3) is 4.92. The van der Waals surface area contributed by atoms with E-state index in [1.165, 1.54) is 41.8 Å². The minimum absolute atomic E-state index is 0.0454. The number of carboxylic acid groups (broad SMARTS) is 1. The standard InChI is InChI=1S/C25H18N4O6S2/c1-15-21(23(30)29(27-15)18-4-2-3-17(13-18)24(31)32)14-19-7-10-22(35-19)16-5-8-20(9-6-16)37(33,34)28-25-26-11-12-36-25/h2-14H,1H3,(H,26,28)(H,31,32)/b21-14-. The molecule has 0 spiro atoms. The van der Waals surface area contributed by atoms with Gasteiger partial charge >= 0.3 is 5.97 Å². The van der Waals surface area contributed by atoms with Crippen molar-refractivity contribution in [3.05, 3.63) is 89.1 Å². The van der Waals surface area contributed by atoms with E-state index in [1.54, 1.807) is 54.8 Å². The molecule has 2 N–H and O–H groups in total. The van der Waals surface area contributed by atoms with Crippen LogP contribution in [0.3, 0.4) is 0 Å². The fourth-order valence-electron chi connectivity index (χ4n) is 3.60. The van der Waals surface area contributed by atoms with Crippen molar-refractivity contribution in [1.29, 1.82) is 0 Å². The molecule has 1 amide bonds. The number of hydrogen-bond donors (Lipinski definition) is 2. The van der Waals surface area contributed by atoms with Crippen LogP contribution >= 0.6 is 11.3 Å². The highest BCUT2D eigenvalue weighted by molar-refractivity contribution is 7.93. The van der Waals surface area contributed by atoms with E-state index in [0.717, 1.165) is 5.01 Å². The van der Waals surface area contributed by atoms with E-state index in [1.807, 2.05) is 0 Å². The molecule has 1 aliphatic rings. The SMILES string of the molecule is CC1=NN(c2cccc(C(=O)O)c2)C(=O)/C1=C\c1ccc(-c2ccc(S(=O)(=O)Nc3nccs3)cc2)o1. The number of thiazole rings is 1. The monoisotopic (exact) mass is 534 g/mol. The van der Waals surface area contributed by atoms with E-state index in [2.05, 4.69) is 14.8 Å². The minimum Gasteiger partial charge on any atom is -0.478 e. The van der Waals surface area contributed by atoms with Crippen molar-refractivity contribution in [3.8, 4) is 11.3 Å². The Hall–Kier alpha value is -4.55. The van der Waals surface area contributed by atoms with Crippen molar-refractivity contribution >= 4 is 55.8 Å². The van der Waals surface area contributed by atoms with E-state index >= 15 is 0 Å². The molecule has 3 heterocycles. The Morgan fingerprint density at radius 2 is 1.92 bits per heavy atom. The molecule has 2 aromatic heterocycles. The molecule has 0 saturated carbocycles. The van der Waals surface area contributed by atoms with Crippen LogP contribution in [0.1, 0.15) is 23.0 Å². The van der Waals surface area contributed by atoms with Gasteiger partial charge in [-0.05, 0) is 67.6 Å². The van der Waals surface area contributed by atoms with Crippen LogP contribution in [-0.4, -0.2) is 36.1 Å². The van der Waals surface area contributed by atoms with Crippen molar-refractivity contribution in [2.75, 3.05) is 9.73 Å². The Balaban J connectivity index is 1.35. The van der Waals surface area contributed by atoms with E-state index < -0.39 is 21.9 Å². The number of nitrogens with zero attached hydrogens (tertiary/aromatic N) is 3. The number of benzene rings is 2. The summed E-state index contributed by atoms with van der Waals surface area (Å²) in [6, 6.07) is 15.5. The quantitative estimate of drug-likeness (QED) is 0.327. The van der Waals surface area contributed by atoms with Crippen LogP contribution in [0.15, 0.2) is 92.2 Å². The number of aromatic nitrogens is 1. The summed E-state index contributed by atoms with van der Waals surface area (Å²) in [6.45, 7) is 1.67. The molecule has 37 heavy (non-hydrogen) atoms. The highest BCUT2D eigenvalue weighted by Crippen LogP contribution is 2.29. The number of nitrogens with one attached hydrogen (secondary N) is 1. The summed E-state index contributed by atoms with van der Waals surface area (Å²) in [7, 11) is -3.77. The molecule has 0 saturated heterocycles. The van der Waals surface area contributed by atoms with Gasteiger partial charge in [-0.15, -0.1) is 11.3 Å². The largest absolute Gasteiger partial charge is 0.478 e. The molecule has 0 fully saturated rings. The third-order valence-corrected chi connectivity index (χ3v) is 7.59. The molecule has 0 bridgehead atoms. The van der Waals surface area contributed by atoms with Gasteiger partial charge in [0.25, 0.3) is 15.9 Å². The summed E-state index contributed by atoms with van der Waals surface area (Å²) >= 11 is 1.18. The molecule has 186 valence electrons. The van der Waals surface area contributed by atoms with Gasteiger partial charge in [-0.25, -0.2) is 18.2 Å². The highest BCUT2D eigenvalue weighted by Gasteiger charge is 2.29. The van der Waals surface area contributed by atoms with Crippen LogP contribution in [0.5, 0.6) is 0 Å². The maximum Gasteiger partial charge on any atom is 0.335 e. The number of anilines is 2. The molecule has 1 aliphatic heterocycles. The van der Waals surface area contributed by atoms with E-state index in [-0.39, 0.29) is 15.6 Å². The van der Waals surface area contributed by atoms with E-state index in [4.69, 9.17) is 4.42 Å². The second-order valence-corrected chi connectivity index (χ2v) is 10.5. The van der Waals surface area contributed by atoms with Gasteiger partial charge in [0.1, 0.15) is 11.5 Å². The van der Waals surface area contributed by atoms with Crippen LogP contribution < -0.4 is 9.73 Å². The normalized spacial score (nSPS) is 14.7. The second kappa shape index (κ2) is 9.48. The Bertz CT molecular complexity index is 1670. The topological polar surface area (TPSA) is 142 Å². The van der Waals surface area contributed by atoms with Gasteiger partial charge in [0.05, 0.1) is 27.4 Å². The number of aromatic carboxylic acids is 1.